The van der Waals surface area contributed by atoms with Crippen LogP contribution in [0.5, 0.6) is 0 Å². The van der Waals surface area contributed by atoms with Crippen molar-refractivity contribution in [2.24, 2.45) is 17.1 Å². The van der Waals surface area contributed by atoms with Crippen molar-refractivity contribution in [2.45, 2.75) is 39.2 Å². The smallest absolute Gasteiger partial charge is 0.0525 e. The van der Waals surface area contributed by atoms with Crippen LogP contribution in [-0.4, -0.2) is 32.8 Å². The lowest BCUT2D eigenvalue weighted by atomic mass is 9.93. The average Bonchev–Trinajstić information content (AvgIpc) is 2.62. The van der Waals surface area contributed by atoms with Gasteiger partial charge in [0.05, 0.1) is 6.61 Å². The molecule has 3 N–H and O–H groups in total. The topological polar surface area (TPSA) is 47.3 Å². The highest BCUT2D eigenvalue weighted by molar-refractivity contribution is 4.85. The SMILES string of the molecule is COCC(C)(C)CNC1CCCC1CN. The van der Waals surface area contributed by atoms with Crippen LogP contribution in [0.25, 0.3) is 0 Å². The summed E-state index contributed by atoms with van der Waals surface area (Å²) in [7, 11) is 1.76. The second-order valence-corrected chi connectivity index (χ2v) is 5.51. The molecular weight excluding hydrogens is 188 g/mol. The molecule has 2 atom stereocenters. The molecule has 0 aromatic heterocycles. The first kappa shape index (κ1) is 12.9. The Bertz CT molecular complexity index is 182. The van der Waals surface area contributed by atoms with Gasteiger partial charge in [0.25, 0.3) is 0 Å². The van der Waals surface area contributed by atoms with E-state index < -0.39 is 0 Å². The number of methoxy groups -OCH3 is 1. The molecule has 0 bridgehead atoms. The lowest BCUT2D eigenvalue weighted by Crippen LogP contribution is -2.42. The van der Waals surface area contributed by atoms with E-state index in [1.54, 1.807) is 7.11 Å². The Morgan fingerprint density at radius 1 is 1.40 bits per heavy atom. The van der Waals surface area contributed by atoms with Crippen LogP contribution in [0.4, 0.5) is 0 Å². The van der Waals surface area contributed by atoms with Gasteiger partial charge in [0.2, 0.25) is 0 Å². The normalized spacial score (nSPS) is 27.2. The van der Waals surface area contributed by atoms with Gasteiger partial charge in [0, 0.05) is 25.1 Å². The second-order valence-electron chi connectivity index (χ2n) is 5.51. The first-order valence-corrected chi connectivity index (χ1v) is 6.01. The summed E-state index contributed by atoms with van der Waals surface area (Å²) in [6.07, 6.45) is 3.90. The third kappa shape index (κ3) is 4.09. The first-order chi connectivity index (χ1) is 7.09. The molecule has 1 saturated carbocycles. The minimum atomic E-state index is 0.219. The van der Waals surface area contributed by atoms with Crippen molar-refractivity contribution in [1.82, 2.24) is 5.32 Å². The molecule has 0 radical (unpaired) electrons. The molecule has 0 aliphatic heterocycles. The number of nitrogens with one attached hydrogen (secondary N) is 1. The third-order valence-corrected chi connectivity index (χ3v) is 3.34. The summed E-state index contributed by atoms with van der Waals surface area (Å²) < 4.78 is 5.21. The van der Waals surface area contributed by atoms with E-state index in [0.717, 1.165) is 19.7 Å². The van der Waals surface area contributed by atoms with Crippen LogP contribution >= 0.6 is 0 Å². The van der Waals surface area contributed by atoms with Gasteiger partial charge in [-0.05, 0) is 25.3 Å². The Morgan fingerprint density at radius 3 is 2.73 bits per heavy atom. The lowest BCUT2D eigenvalue weighted by Gasteiger charge is -2.28. The second kappa shape index (κ2) is 5.83. The van der Waals surface area contributed by atoms with Crippen molar-refractivity contribution in [1.29, 1.82) is 0 Å². The largest absolute Gasteiger partial charge is 0.384 e. The molecule has 0 aromatic carbocycles. The van der Waals surface area contributed by atoms with Gasteiger partial charge in [0.1, 0.15) is 0 Å². The number of rotatable bonds is 6. The van der Waals surface area contributed by atoms with Crippen LogP contribution in [0.1, 0.15) is 33.1 Å². The number of hydrogen-bond donors (Lipinski definition) is 2. The number of hydrogen-bond acceptors (Lipinski definition) is 3. The van der Waals surface area contributed by atoms with Crippen LogP contribution in [0.2, 0.25) is 0 Å². The molecule has 15 heavy (non-hydrogen) atoms. The molecular formula is C12H26N2O. The fourth-order valence-corrected chi connectivity index (χ4v) is 2.44. The number of nitrogens with two attached hydrogens (primary N) is 1. The monoisotopic (exact) mass is 214 g/mol. The highest BCUT2D eigenvalue weighted by Crippen LogP contribution is 2.25. The molecule has 0 spiro atoms. The Morgan fingerprint density at radius 2 is 2.13 bits per heavy atom. The zero-order chi connectivity index (χ0) is 11.3. The molecule has 90 valence electrons. The zero-order valence-corrected chi connectivity index (χ0v) is 10.4. The van der Waals surface area contributed by atoms with E-state index >= 15 is 0 Å². The molecule has 0 heterocycles. The summed E-state index contributed by atoms with van der Waals surface area (Å²) >= 11 is 0. The van der Waals surface area contributed by atoms with Crippen molar-refractivity contribution in [2.75, 3.05) is 26.8 Å². The van der Waals surface area contributed by atoms with Crippen LogP contribution < -0.4 is 11.1 Å². The zero-order valence-electron chi connectivity index (χ0n) is 10.4. The number of ether oxygens (including phenoxy) is 1. The minimum absolute atomic E-state index is 0.219. The Hall–Kier alpha value is -0.120. The molecule has 1 rings (SSSR count). The molecule has 1 aliphatic rings. The first-order valence-electron chi connectivity index (χ1n) is 6.01. The van der Waals surface area contributed by atoms with Crippen molar-refractivity contribution in [3.8, 4) is 0 Å². The quantitative estimate of drug-likeness (QED) is 0.702. The van der Waals surface area contributed by atoms with Crippen molar-refractivity contribution in [3.63, 3.8) is 0 Å². The molecule has 3 nitrogen and oxygen atoms in total. The van der Waals surface area contributed by atoms with E-state index in [4.69, 9.17) is 10.5 Å². The lowest BCUT2D eigenvalue weighted by molar-refractivity contribution is 0.1000. The Kier molecular flexibility index (Phi) is 5.03. The van der Waals surface area contributed by atoms with Gasteiger partial charge in [-0.1, -0.05) is 20.3 Å². The fraction of sp³-hybridized carbons (Fsp3) is 1.00. The highest BCUT2D eigenvalue weighted by Gasteiger charge is 2.27. The Balaban J connectivity index is 2.29. The van der Waals surface area contributed by atoms with Gasteiger partial charge < -0.3 is 15.8 Å². The van der Waals surface area contributed by atoms with Gasteiger partial charge in [-0.3, -0.25) is 0 Å². The third-order valence-electron chi connectivity index (χ3n) is 3.34. The summed E-state index contributed by atoms with van der Waals surface area (Å²) in [5.41, 5.74) is 5.98. The molecule has 1 fully saturated rings. The maximum Gasteiger partial charge on any atom is 0.0525 e. The predicted octanol–water partition coefficient (Wildman–Crippen LogP) is 1.38. The van der Waals surface area contributed by atoms with E-state index in [9.17, 15) is 0 Å². The van der Waals surface area contributed by atoms with Gasteiger partial charge in [-0.15, -0.1) is 0 Å². The summed E-state index contributed by atoms with van der Waals surface area (Å²) in [5, 5.41) is 3.65. The average molecular weight is 214 g/mol. The molecule has 0 aromatic rings. The van der Waals surface area contributed by atoms with E-state index in [0.29, 0.717) is 12.0 Å². The van der Waals surface area contributed by atoms with E-state index in [2.05, 4.69) is 19.2 Å². The molecule has 3 heteroatoms. The van der Waals surface area contributed by atoms with E-state index in [1.165, 1.54) is 19.3 Å². The van der Waals surface area contributed by atoms with Gasteiger partial charge in [0.15, 0.2) is 0 Å². The summed E-state index contributed by atoms with van der Waals surface area (Å²) in [5.74, 6) is 0.684. The van der Waals surface area contributed by atoms with Crippen LogP contribution in [0.3, 0.4) is 0 Å². The highest BCUT2D eigenvalue weighted by atomic mass is 16.5. The summed E-state index contributed by atoms with van der Waals surface area (Å²) in [6.45, 7) is 7.11. The molecule has 1 aliphatic carbocycles. The van der Waals surface area contributed by atoms with Crippen LogP contribution in [0.15, 0.2) is 0 Å². The fourth-order valence-electron chi connectivity index (χ4n) is 2.44. The minimum Gasteiger partial charge on any atom is -0.384 e. The predicted molar refractivity (Wildman–Crippen MR) is 63.8 cm³/mol. The maximum atomic E-state index is 5.76. The van der Waals surface area contributed by atoms with Crippen molar-refractivity contribution in [3.05, 3.63) is 0 Å². The van der Waals surface area contributed by atoms with Crippen LogP contribution in [-0.2, 0) is 4.74 Å². The van der Waals surface area contributed by atoms with E-state index in [1.807, 2.05) is 0 Å². The molecule has 0 amide bonds. The molecule has 0 saturated heterocycles. The van der Waals surface area contributed by atoms with Crippen molar-refractivity contribution < 1.29 is 4.74 Å². The van der Waals surface area contributed by atoms with Crippen LogP contribution in [0, 0.1) is 11.3 Å². The summed E-state index contributed by atoms with van der Waals surface area (Å²) in [4.78, 5) is 0. The molecule has 2 unspecified atom stereocenters. The Labute approximate surface area is 93.8 Å². The standard InChI is InChI=1S/C12H26N2O/c1-12(2,9-15-3)8-14-11-6-4-5-10(11)7-13/h10-11,14H,4-9,13H2,1-3H3. The maximum absolute atomic E-state index is 5.76. The summed E-state index contributed by atoms with van der Waals surface area (Å²) in [6, 6.07) is 0.631. The van der Waals surface area contributed by atoms with Gasteiger partial charge in [-0.25, -0.2) is 0 Å². The van der Waals surface area contributed by atoms with E-state index in [-0.39, 0.29) is 5.41 Å². The van der Waals surface area contributed by atoms with Crippen molar-refractivity contribution >= 4 is 0 Å². The van der Waals surface area contributed by atoms with Gasteiger partial charge >= 0.3 is 0 Å². The van der Waals surface area contributed by atoms with Gasteiger partial charge in [-0.2, -0.15) is 0 Å².